The Morgan fingerprint density at radius 3 is 2.08 bits per heavy atom. The highest BCUT2D eigenvalue weighted by molar-refractivity contribution is 7.92. The molecule has 1 N–H and O–H groups in total. The number of sulfonamides is 1. The molecule has 3 aromatic carbocycles. The first-order valence-electron chi connectivity index (χ1n) is 11.7. The lowest BCUT2D eigenvalue weighted by Gasteiger charge is -2.26. The fourth-order valence-corrected chi connectivity index (χ4v) is 5.47. The molecule has 0 saturated heterocycles. The Labute approximate surface area is 214 Å². The van der Waals surface area contributed by atoms with Crippen LogP contribution in [-0.4, -0.2) is 35.1 Å². The molecule has 36 heavy (non-hydrogen) atoms. The molecular weight excluding hydrogens is 476 g/mol. The fourth-order valence-electron chi connectivity index (χ4n) is 4.05. The van der Waals surface area contributed by atoms with Gasteiger partial charge in [-0.3, -0.25) is 9.10 Å². The third-order valence-corrected chi connectivity index (χ3v) is 7.90. The largest absolute Gasteiger partial charge is 0.493 e. The summed E-state index contributed by atoms with van der Waals surface area (Å²) in [4.78, 5) is 13.2. The molecular formula is C28H34N2O5S. The van der Waals surface area contributed by atoms with Crippen molar-refractivity contribution in [3.05, 3.63) is 82.4 Å². The van der Waals surface area contributed by atoms with Crippen molar-refractivity contribution in [3.63, 3.8) is 0 Å². The molecule has 0 radical (unpaired) electrons. The average Bonchev–Trinajstić information content (AvgIpc) is 2.82. The van der Waals surface area contributed by atoms with Gasteiger partial charge >= 0.3 is 0 Å². The van der Waals surface area contributed by atoms with Gasteiger partial charge in [-0.1, -0.05) is 24.3 Å². The summed E-state index contributed by atoms with van der Waals surface area (Å²) in [5.41, 5.74) is 5.44. The Morgan fingerprint density at radius 2 is 1.50 bits per heavy atom. The van der Waals surface area contributed by atoms with E-state index in [9.17, 15) is 13.2 Å². The van der Waals surface area contributed by atoms with Gasteiger partial charge in [0, 0.05) is 6.07 Å². The number of hydrogen-bond acceptors (Lipinski definition) is 5. The van der Waals surface area contributed by atoms with Crippen molar-refractivity contribution in [2.75, 3.05) is 25.1 Å². The van der Waals surface area contributed by atoms with Gasteiger partial charge in [0.25, 0.3) is 10.0 Å². The SMILES string of the molecule is COc1ccc(S(=O)(=O)N(CC(=O)NC(C)c2ccc(C)c(C)c2)c2cc(C)cc(C)c2)cc1OC. The zero-order chi connectivity index (χ0) is 26.6. The normalized spacial score (nSPS) is 12.1. The van der Waals surface area contributed by atoms with Crippen LogP contribution in [0, 0.1) is 27.7 Å². The van der Waals surface area contributed by atoms with E-state index in [4.69, 9.17) is 9.47 Å². The summed E-state index contributed by atoms with van der Waals surface area (Å²) in [6.07, 6.45) is 0. The van der Waals surface area contributed by atoms with E-state index in [1.165, 1.54) is 38.0 Å². The molecule has 0 fully saturated rings. The lowest BCUT2D eigenvalue weighted by Crippen LogP contribution is -2.41. The number of nitrogens with one attached hydrogen (secondary N) is 1. The third kappa shape index (κ3) is 5.99. The van der Waals surface area contributed by atoms with E-state index in [0.29, 0.717) is 11.4 Å². The van der Waals surface area contributed by atoms with Gasteiger partial charge in [-0.25, -0.2) is 8.42 Å². The number of amides is 1. The first-order chi connectivity index (χ1) is 17.0. The molecule has 0 aromatic heterocycles. The van der Waals surface area contributed by atoms with Crippen LogP contribution in [0.25, 0.3) is 0 Å². The predicted molar refractivity (Wildman–Crippen MR) is 142 cm³/mol. The molecule has 192 valence electrons. The number of benzene rings is 3. The first kappa shape index (κ1) is 27.1. The maximum atomic E-state index is 13.8. The van der Waals surface area contributed by atoms with Crippen LogP contribution in [0.2, 0.25) is 0 Å². The van der Waals surface area contributed by atoms with Crippen LogP contribution in [0.4, 0.5) is 5.69 Å². The van der Waals surface area contributed by atoms with E-state index in [-0.39, 0.29) is 23.2 Å². The number of nitrogens with zero attached hydrogens (tertiary/aromatic N) is 1. The van der Waals surface area contributed by atoms with E-state index < -0.39 is 15.9 Å². The van der Waals surface area contributed by atoms with Crippen molar-refractivity contribution in [1.29, 1.82) is 0 Å². The van der Waals surface area contributed by atoms with Crippen LogP contribution in [0.1, 0.15) is 40.8 Å². The van der Waals surface area contributed by atoms with Gasteiger partial charge in [-0.2, -0.15) is 0 Å². The second kappa shape index (κ2) is 11.0. The summed E-state index contributed by atoms with van der Waals surface area (Å²) in [6.45, 7) is 9.33. The molecule has 0 aliphatic rings. The highest BCUT2D eigenvalue weighted by Gasteiger charge is 2.29. The highest BCUT2D eigenvalue weighted by Crippen LogP contribution is 2.32. The van der Waals surface area contributed by atoms with E-state index >= 15 is 0 Å². The van der Waals surface area contributed by atoms with E-state index in [1.807, 2.05) is 58.9 Å². The molecule has 0 bridgehead atoms. The van der Waals surface area contributed by atoms with Crippen LogP contribution in [-0.2, 0) is 14.8 Å². The van der Waals surface area contributed by atoms with Gasteiger partial charge < -0.3 is 14.8 Å². The average molecular weight is 511 g/mol. The summed E-state index contributed by atoms with van der Waals surface area (Å²) >= 11 is 0. The number of carbonyl (C=O) groups excluding carboxylic acids is 1. The quantitative estimate of drug-likeness (QED) is 0.437. The van der Waals surface area contributed by atoms with Crippen LogP contribution < -0.4 is 19.1 Å². The molecule has 0 saturated carbocycles. The molecule has 8 heteroatoms. The molecule has 3 aromatic rings. The van der Waals surface area contributed by atoms with Crippen molar-refractivity contribution >= 4 is 21.6 Å². The van der Waals surface area contributed by atoms with Crippen molar-refractivity contribution in [3.8, 4) is 11.5 Å². The summed E-state index contributed by atoms with van der Waals surface area (Å²) < 4.78 is 39.4. The molecule has 1 unspecified atom stereocenters. The van der Waals surface area contributed by atoms with E-state index in [0.717, 1.165) is 26.6 Å². The van der Waals surface area contributed by atoms with E-state index in [2.05, 4.69) is 5.32 Å². The number of rotatable bonds is 9. The summed E-state index contributed by atoms with van der Waals surface area (Å²) in [6, 6.07) is 15.6. The van der Waals surface area contributed by atoms with Crippen molar-refractivity contribution in [2.45, 2.75) is 45.6 Å². The number of aryl methyl sites for hydroxylation is 4. The first-order valence-corrected chi connectivity index (χ1v) is 13.1. The number of anilines is 1. The number of ether oxygens (including phenoxy) is 2. The molecule has 0 aliphatic heterocycles. The van der Waals surface area contributed by atoms with Gasteiger partial charge in [0.15, 0.2) is 11.5 Å². The van der Waals surface area contributed by atoms with Gasteiger partial charge in [-0.05, 0) is 86.7 Å². The number of carbonyl (C=O) groups is 1. The maximum Gasteiger partial charge on any atom is 0.264 e. The maximum absolute atomic E-state index is 13.8. The van der Waals surface area contributed by atoms with Crippen molar-refractivity contribution in [1.82, 2.24) is 5.32 Å². The van der Waals surface area contributed by atoms with Gasteiger partial charge in [0.1, 0.15) is 6.54 Å². The van der Waals surface area contributed by atoms with Gasteiger partial charge in [-0.15, -0.1) is 0 Å². The molecule has 0 aliphatic carbocycles. The minimum atomic E-state index is -4.12. The topological polar surface area (TPSA) is 84.9 Å². The molecule has 0 heterocycles. The Bertz CT molecular complexity index is 1350. The summed E-state index contributed by atoms with van der Waals surface area (Å²) in [7, 11) is -1.19. The summed E-state index contributed by atoms with van der Waals surface area (Å²) in [5, 5.41) is 2.95. The molecule has 0 spiro atoms. The Morgan fingerprint density at radius 1 is 0.861 bits per heavy atom. The molecule has 3 rings (SSSR count). The lowest BCUT2D eigenvalue weighted by atomic mass is 10.0. The molecule has 7 nitrogen and oxygen atoms in total. The number of hydrogen-bond donors (Lipinski definition) is 1. The van der Waals surface area contributed by atoms with Crippen LogP contribution in [0.5, 0.6) is 11.5 Å². The second-order valence-corrected chi connectivity index (χ2v) is 10.9. The van der Waals surface area contributed by atoms with E-state index in [1.54, 1.807) is 12.1 Å². The van der Waals surface area contributed by atoms with Crippen LogP contribution in [0.15, 0.2) is 59.5 Å². The zero-order valence-electron chi connectivity index (χ0n) is 21.9. The molecule has 1 atom stereocenters. The van der Waals surface area contributed by atoms with Crippen molar-refractivity contribution in [2.24, 2.45) is 0 Å². The smallest absolute Gasteiger partial charge is 0.264 e. The standard InChI is InChI=1S/C28H34N2O5S/c1-18-12-19(2)14-24(13-18)30(36(32,33)25-10-11-26(34-6)27(16-25)35-7)17-28(31)29-22(5)23-9-8-20(3)21(4)15-23/h8-16,22H,17H2,1-7H3,(H,29,31). The zero-order valence-corrected chi connectivity index (χ0v) is 22.7. The Kier molecular flexibility index (Phi) is 8.30. The molecule has 1 amide bonds. The van der Waals surface area contributed by atoms with Crippen LogP contribution in [0.3, 0.4) is 0 Å². The predicted octanol–water partition coefficient (Wildman–Crippen LogP) is 5.01. The Balaban J connectivity index is 1.98. The number of methoxy groups -OCH3 is 2. The monoisotopic (exact) mass is 510 g/mol. The fraction of sp³-hybridized carbons (Fsp3) is 0.321. The third-order valence-electron chi connectivity index (χ3n) is 6.13. The van der Waals surface area contributed by atoms with Gasteiger partial charge in [0.2, 0.25) is 5.91 Å². The summed E-state index contributed by atoms with van der Waals surface area (Å²) in [5.74, 6) is 0.282. The minimum absolute atomic E-state index is 0.00526. The lowest BCUT2D eigenvalue weighted by molar-refractivity contribution is -0.120. The minimum Gasteiger partial charge on any atom is -0.493 e. The van der Waals surface area contributed by atoms with Crippen LogP contribution >= 0.6 is 0 Å². The highest BCUT2D eigenvalue weighted by atomic mass is 32.2. The van der Waals surface area contributed by atoms with Crippen molar-refractivity contribution < 1.29 is 22.7 Å². The Hall–Kier alpha value is -3.52. The van der Waals surface area contributed by atoms with Gasteiger partial charge in [0.05, 0.1) is 30.8 Å². The second-order valence-electron chi connectivity index (χ2n) is 9.01.